The van der Waals surface area contributed by atoms with Gasteiger partial charge >= 0.3 is 5.97 Å². The molecule has 2 aromatic rings. The van der Waals surface area contributed by atoms with Crippen LogP contribution >= 0.6 is 0 Å². The van der Waals surface area contributed by atoms with Crippen molar-refractivity contribution < 1.29 is 19.1 Å². The monoisotopic (exact) mass is 422 g/mol. The van der Waals surface area contributed by atoms with E-state index in [1.165, 1.54) is 23.6 Å². The number of hydrogen-bond acceptors (Lipinski definition) is 4. The maximum absolute atomic E-state index is 11.3. The van der Waals surface area contributed by atoms with Crippen molar-refractivity contribution in [2.24, 2.45) is 0 Å². The minimum absolute atomic E-state index is 0.118. The highest BCUT2D eigenvalue weighted by Crippen LogP contribution is 2.22. The van der Waals surface area contributed by atoms with E-state index in [-0.39, 0.29) is 12.2 Å². The minimum atomic E-state index is -0.415. The molecular formula is C27H34O4. The van der Waals surface area contributed by atoms with Crippen molar-refractivity contribution in [1.29, 1.82) is 0 Å². The van der Waals surface area contributed by atoms with Gasteiger partial charge in [0.05, 0.1) is 13.2 Å². The van der Waals surface area contributed by atoms with Crippen LogP contribution in [0.25, 0.3) is 5.57 Å². The van der Waals surface area contributed by atoms with Crippen LogP contribution in [0.3, 0.4) is 0 Å². The van der Waals surface area contributed by atoms with E-state index in [0.717, 1.165) is 45.1 Å². The molecule has 0 aromatic heterocycles. The highest BCUT2D eigenvalue weighted by atomic mass is 16.5. The maximum atomic E-state index is 11.3. The summed E-state index contributed by atoms with van der Waals surface area (Å²) in [4.78, 5) is 22.1. The molecule has 4 heteroatoms. The first-order chi connectivity index (χ1) is 15.2. The molecule has 0 aliphatic rings. The fraction of sp³-hybridized carbons (Fsp3) is 0.407. The largest absolute Gasteiger partial charge is 0.465 e. The van der Waals surface area contributed by atoms with Crippen molar-refractivity contribution in [3.8, 4) is 0 Å². The van der Waals surface area contributed by atoms with Crippen molar-refractivity contribution in [3.05, 3.63) is 77.9 Å². The lowest BCUT2D eigenvalue weighted by molar-refractivity contribution is -0.145. The summed E-state index contributed by atoms with van der Waals surface area (Å²) in [6.07, 6.45) is 8.40. The summed E-state index contributed by atoms with van der Waals surface area (Å²) >= 11 is 0. The van der Waals surface area contributed by atoms with E-state index in [1.54, 1.807) is 0 Å². The summed E-state index contributed by atoms with van der Waals surface area (Å²) in [5.41, 5.74) is 3.60. The van der Waals surface area contributed by atoms with Crippen LogP contribution in [0.1, 0.15) is 63.0 Å². The van der Waals surface area contributed by atoms with Gasteiger partial charge in [-0.3, -0.25) is 9.59 Å². The number of ketones is 1. The number of rotatable bonds is 15. The zero-order chi connectivity index (χ0) is 22.2. The van der Waals surface area contributed by atoms with Gasteiger partial charge in [0.1, 0.15) is 12.2 Å². The molecule has 4 nitrogen and oxygen atoms in total. The van der Waals surface area contributed by atoms with Crippen LogP contribution in [0.5, 0.6) is 0 Å². The van der Waals surface area contributed by atoms with Crippen LogP contribution in [-0.2, 0) is 19.1 Å². The lowest BCUT2D eigenvalue weighted by Gasteiger charge is -2.09. The van der Waals surface area contributed by atoms with Crippen molar-refractivity contribution in [2.75, 3.05) is 19.8 Å². The first-order valence-electron chi connectivity index (χ1n) is 11.2. The molecule has 0 radical (unpaired) electrons. The Morgan fingerprint density at radius 1 is 0.742 bits per heavy atom. The predicted molar refractivity (Wildman–Crippen MR) is 125 cm³/mol. The lowest BCUT2D eigenvalue weighted by Crippen LogP contribution is -2.09. The zero-order valence-corrected chi connectivity index (χ0v) is 18.6. The Morgan fingerprint density at radius 3 is 1.81 bits per heavy atom. The Kier molecular flexibility index (Phi) is 12.0. The second-order valence-corrected chi connectivity index (χ2v) is 7.65. The summed E-state index contributed by atoms with van der Waals surface area (Å²) in [5.74, 6) is -0.569. The normalized spacial score (nSPS) is 10.5. The molecule has 0 aliphatic heterocycles. The number of esters is 1. The number of hydrogen-bond donors (Lipinski definition) is 0. The molecule has 0 aliphatic carbocycles. The van der Waals surface area contributed by atoms with Gasteiger partial charge in [0, 0.05) is 6.61 Å². The van der Waals surface area contributed by atoms with Crippen LogP contribution in [0.4, 0.5) is 0 Å². The first-order valence-corrected chi connectivity index (χ1v) is 11.2. The summed E-state index contributed by atoms with van der Waals surface area (Å²) in [7, 11) is 0. The Balaban J connectivity index is 1.57. The molecule has 0 atom stereocenters. The molecule has 0 saturated carbocycles. The minimum Gasteiger partial charge on any atom is -0.465 e. The summed E-state index contributed by atoms with van der Waals surface area (Å²) in [5, 5.41) is 0. The van der Waals surface area contributed by atoms with Crippen molar-refractivity contribution in [2.45, 2.75) is 51.9 Å². The molecule has 0 spiro atoms. The fourth-order valence-electron chi connectivity index (χ4n) is 3.32. The van der Waals surface area contributed by atoms with Crippen molar-refractivity contribution in [3.63, 3.8) is 0 Å². The Bertz CT molecular complexity index is 755. The Morgan fingerprint density at radius 2 is 1.26 bits per heavy atom. The van der Waals surface area contributed by atoms with E-state index < -0.39 is 5.97 Å². The molecule has 0 bridgehead atoms. The van der Waals surface area contributed by atoms with Crippen molar-refractivity contribution in [1.82, 2.24) is 0 Å². The first kappa shape index (κ1) is 24.5. The van der Waals surface area contributed by atoms with E-state index >= 15 is 0 Å². The third kappa shape index (κ3) is 10.7. The zero-order valence-electron chi connectivity index (χ0n) is 18.6. The summed E-state index contributed by atoms with van der Waals surface area (Å²) < 4.78 is 10.9. The highest BCUT2D eigenvalue weighted by molar-refractivity contribution is 5.94. The van der Waals surface area contributed by atoms with Gasteiger partial charge in [-0.1, -0.05) is 92.4 Å². The quantitative estimate of drug-likeness (QED) is 0.201. The lowest BCUT2D eigenvalue weighted by atomic mass is 9.98. The number of carbonyl (C=O) groups excluding carboxylic acids is 2. The molecule has 0 saturated heterocycles. The Labute approximate surface area is 186 Å². The van der Waals surface area contributed by atoms with E-state index in [9.17, 15) is 9.59 Å². The fourth-order valence-corrected chi connectivity index (χ4v) is 3.32. The van der Waals surface area contributed by atoms with E-state index in [0.29, 0.717) is 13.2 Å². The van der Waals surface area contributed by atoms with Gasteiger partial charge in [-0.2, -0.15) is 0 Å². The molecule has 166 valence electrons. The van der Waals surface area contributed by atoms with Gasteiger partial charge in [-0.25, -0.2) is 0 Å². The van der Waals surface area contributed by atoms with Crippen LogP contribution in [-0.4, -0.2) is 31.6 Å². The second kappa shape index (κ2) is 15.1. The van der Waals surface area contributed by atoms with Gasteiger partial charge in [0.15, 0.2) is 0 Å². The van der Waals surface area contributed by atoms with Gasteiger partial charge in [-0.05, 0) is 36.5 Å². The van der Waals surface area contributed by atoms with Crippen LogP contribution in [0.2, 0.25) is 0 Å². The standard InChI is InChI=1S/C27H34O4/c1-23(28)22-27(29)31-20-13-5-3-2-4-12-19-30-21-18-26(24-14-8-6-9-15-24)25-16-10-7-11-17-25/h6-11,14-18H,2-5,12-13,19-22H2,1H3. The number of carbonyl (C=O) groups is 2. The molecule has 2 aromatic carbocycles. The highest BCUT2D eigenvalue weighted by Gasteiger charge is 2.06. The van der Waals surface area contributed by atoms with Crippen LogP contribution < -0.4 is 0 Å². The SMILES string of the molecule is CC(=O)CC(=O)OCCCCCCCCOCC=C(c1ccccc1)c1ccccc1. The number of unbranched alkanes of at least 4 members (excludes halogenated alkanes) is 5. The number of ether oxygens (including phenoxy) is 2. The van der Waals surface area contributed by atoms with Gasteiger partial charge in [0.25, 0.3) is 0 Å². The average Bonchev–Trinajstić information content (AvgIpc) is 2.78. The molecular weight excluding hydrogens is 388 g/mol. The molecule has 31 heavy (non-hydrogen) atoms. The average molecular weight is 423 g/mol. The molecule has 0 unspecified atom stereocenters. The Hall–Kier alpha value is -2.72. The van der Waals surface area contributed by atoms with Gasteiger partial charge in [-0.15, -0.1) is 0 Å². The van der Waals surface area contributed by atoms with Crippen LogP contribution in [0.15, 0.2) is 66.7 Å². The third-order valence-electron chi connectivity index (χ3n) is 4.91. The second-order valence-electron chi connectivity index (χ2n) is 7.65. The smallest absolute Gasteiger partial charge is 0.313 e. The van der Waals surface area contributed by atoms with Crippen molar-refractivity contribution >= 4 is 17.3 Å². The predicted octanol–water partition coefficient (Wildman–Crippen LogP) is 6.00. The molecule has 0 N–H and O–H groups in total. The topological polar surface area (TPSA) is 52.6 Å². The molecule has 2 rings (SSSR count). The van der Waals surface area contributed by atoms with Gasteiger partial charge < -0.3 is 9.47 Å². The maximum Gasteiger partial charge on any atom is 0.313 e. The molecule has 0 heterocycles. The van der Waals surface area contributed by atoms with E-state index in [4.69, 9.17) is 9.47 Å². The third-order valence-corrected chi connectivity index (χ3v) is 4.91. The number of Topliss-reactive ketones (excluding diaryl/α,β-unsaturated/α-hetero) is 1. The van der Waals surface area contributed by atoms with Crippen LogP contribution in [0, 0.1) is 0 Å². The van der Waals surface area contributed by atoms with Gasteiger partial charge in [0.2, 0.25) is 0 Å². The summed E-state index contributed by atoms with van der Waals surface area (Å²) in [6, 6.07) is 20.8. The molecule has 0 fully saturated rings. The molecule has 0 amide bonds. The number of benzene rings is 2. The van der Waals surface area contributed by atoms with E-state index in [2.05, 4.69) is 54.6 Å². The van der Waals surface area contributed by atoms with E-state index in [1.807, 2.05) is 12.1 Å². The summed E-state index contributed by atoms with van der Waals surface area (Å²) in [6.45, 7) is 3.17.